The lowest BCUT2D eigenvalue weighted by Crippen LogP contribution is -2.18. The molecule has 3 aromatic carbocycles. The summed E-state index contributed by atoms with van der Waals surface area (Å²) in [6.07, 6.45) is 1.74. The predicted molar refractivity (Wildman–Crippen MR) is 124 cm³/mol. The Bertz CT molecular complexity index is 1460. The van der Waals surface area contributed by atoms with Crippen LogP contribution in [0.3, 0.4) is 0 Å². The maximum Gasteiger partial charge on any atom is 0.262 e. The van der Waals surface area contributed by atoms with Gasteiger partial charge in [0.25, 0.3) is 11.4 Å². The smallest absolute Gasteiger partial charge is 0.262 e. The zero-order valence-electron chi connectivity index (χ0n) is 17.2. The molecule has 0 aliphatic carbocycles. The second kappa shape index (κ2) is 8.32. The summed E-state index contributed by atoms with van der Waals surface area (Å²) in [7, 11) is 0. The van der Waals surface area contributed by atoms with Gasteiger partial charge in [-0.2, -0.15) is 4.98 Å². The van der Waals surface area contributed by atoms with Gasteiger partial charge in [-0.25, -0.2) is 0 Å². The third-order valence-electron chi connectivity index (χ3n) is 5.11. The minimum atomic E-state index is -0.133. The lowest BCUT2D eigenvalue weighted by molar-refractivity contribution is 0.340. The normalized spacial score (nSPS) is 11.1. The Kier molecular flexibility index (Phi) is 5.21. The molecule has 5 rings (SSSR count). The fourth-order valence-corrected chi connectivity index (χ4v) is 3.70. The van der Waals surface area contributed by atoms with Crippen LogP contribution in [0.5, 0.6) is 5.75 Å². The molecule has 158 valence electrons. The van der Waals surface area contributed by atoms with E-state index in [9.17, 15) is 4.79 Å². The highest BCUT2D eigenvalue weighted by Gasteiger charge is 2.17. The van der Waals surface area contributed by atoms with E-state index >= 15 is 0 Å². The Morgan fingerprint density at radius 2 is 1.69 bits per heavy atom. The fraction of sp³-hybridized carbons (Fsp3) is 0.0800. The van der Waals surface area contributed by atoms with Crippen LogP contribution in [0.2, 0.25) is 5.02 Å². The van der Waals surface area contributed by atoms with Crippen LogP contribution in [0.25, 0.3) is 39.3 Å². The first-order valence-corrected chi connectivity index (χ1v) is 10.5. The van der Waals surface area contributed by atoms with E-state index < -0.39 is 0 Å². The Balaban J connectivity index is 1.66. The SMILES string of the molecule is CCOc1ccc(-n2cc(-c3nc(-c4ccc(Cl)cc4)no3)c3ccccc3c2=O)cc1. The summed E-state index contributed by atoms with van der Waals surface area (Å²) in [5, 5.41) is 6.06. The van der Waals surface area contributed by atoms with Gasteiger partial charge >= 0.3 is 0 Å². The number of pyridine rings is 1. The zero-order valence-corrected chi connectivity index (χ0v) is 17.9. The van der Waals surface area contributed by atoms with E-state index in [0.29, 0.717) is 40.0 Å². The maximum absolute atomic E-state index is 13.2. The van der Waals surface area contributed by atoms with Crippen molar-refractivity contribution < 1.29 is 9.26 Å². The minimum absolute atomic E-state index is 0.133. The molecule has 0 spiro atoms. The van der Waals surface area contributed by atoms with Crippen molar-refractivity contribution in [1.82, 2.24) is 14.7 Å². The molecule has 0 aliphatic heterocycles. The monoisotopic (exact) mass is 443 g/mol. The summed E-state index contributed by atoms with van der Waals surface area (Å²) < 4.78 is 12.7. The first-order valence-electron chi connectivity index (χ1n) is 10.1. The van der Waals surface area contributed by atoms with Crippen molar-refractivity contribution in [3.05, 3.63) is 94.4 Å². The van der Waals surface area contributed by atoms with Crippen LogP contribution in [-0.2, 0) is 0 Å². The van der Waals surface area contributed by atoms with Crippen LogP contribution in [0, 0.1) is 0 Å². The summed E-state index contributed by atoms with van der Waals surface area (Å²) in [5.41, 5.74) is 2.03. The van der Waals surface area contributed by atoms with Gasteiger partial charge in [-0.05, 0) is 61.5 Å². The molecular weight excluding hydrogens is 426 g/mol. The highest BCUT2D eigenvalue weighted by molar-refractivity contribution is 6.30. The van der Waals surface area contributed by atoms with Crippen molar-refractivity contribution in [2.45, 2.75) is 6.92 Å². The molecule has 0 aliphatic rings. The van der Waals surface area contributed by atoms with Gasteiger partial charge in [-0.15, -0.1) is 0 Å². The van der Waals surface area contributed by atoms with E-state index in [0.717, 1.165) is 16.7 Å². The van der Waals surface area contributed by atoms with E-state index in [4.69, 9.17) is 20.9 Å². The second-order valence-corrected chi connectivity index (χ2v) is 7.56. The molecule has 7 heteroatoms. The highest BCUT2D eigenvalue weighted by atomic mass is 35.5. The lowest BCUT2D eigenvalue weighted by atomic mass is 10.1. The molecule has 0 atom stereocenters. The van der Waals surface area contributed by atoms with E-state index in [-0.39, 0.29) is 5.56 Å². The summed E-state index contributed by atoms with van der Waals surface area (Å²) in [4.78, 5) is 17.8. The minimum Gasteiger partial charge on any atom is -0.494 e. The molecule has 0 radical (unpaired) electrons. The molecule has 0 fully saturated rings. The Morgan fingerprint density at radius 3 is 2.41 bits per heavy atom. The molecule has 5 aromatic rings. The molecule has 0 N–H and O–H groups in total. The summed E-state index contributed by atoms with van der Waals surface area (Å²) in [6.45, 7) is 2.50. The molecule has 0 amide bonds. The summed E-state index contributed by atoms with van der Waals surface area (Å²) in [6, 6.07) is 22.0. The second-order valence-electron chi connectivity index (χ2n) is 7.12. The number of hydrogen-bond acceptors (Lipinski definition) is 5. The van der Waals surface area contributed by atoms with Crippen molar-refractivity contribution in [1.29, 1.82) is 0 Å². The van der Waals surface area contributed by atoms with E-state index in [1.807, 2.05) is 61.5 Å². The van der Waals surface area contributed by atoms with Gasteiger partial charge in [0.1, 0.15) is 5.75 Å². The zero-order chi connectivity index (χ0) is 22.1. The van der Waals surface area contributed by atoms with Gasteiger partial charge in [0.05, 0.1) is 12.2 Å². The number of aromatic nitrogens is 3. The first-order chi connectivity index (χ1) is 15.6. The fourth-order valence-electron chi connectivity index (χ4n) is 3.57. The molecule has 0 unspecified atom stereocenters. The molecule has 0 saturated carbocycles. The Labute approximate surface area is 188 Å². The van der Waals surface area contributed by atoms with Gasteiger partial charge in [0.15, 0.2) is 0 Å². The third kappa shape index (κ3) is 3.65. The summed E-state index contributed by atoms with van der Waals surface area (Å²) >= 11 is 5.98. The molecule has 6 nitrogen and oxygen atoms in total. The topological polar surface area (TPSA) is 70.2 Å². The lowest BCUT2D eigenvalue weighted by Gasteiger charge is -2.11. The molecule has 0 saturated heterocycles. The number of fused-ring (bicyclic) bond motifs is 1. The van der Waals surface area contributed by atoms with Crippen LogP contribution < -0.4 is 10.3 Å². The van der Waals surface area contributed by atoms with Crippen molar-refractivity contribution in [3.8, 4) is 34.3 Å². The molecular formula is C25H18ClN3O3. The van der Waals surface area contributed by atoms with Crippen LogP contribution >= 0.6 is 11.6 Å². The number of nitrogens with zero attached hydrogens (tertiary/aromatic N) is 3. The van der Waals surface area contributed by atoms with Crippen LogP contribution in [-0.4, -0.2) is 21.3 Å². The van der Waals surface area contributed by atoms with E-state index in [1.54, 1.807) is 29.0 Å². The van der Waals surface area contributed by atoms with E-state index in [2.05, 4.69) is 10.1 Å². The maximum atomic E-state index is 13.2. The van der Waals surface area contributed by atoms with Crippen LogP contribution in [0.1, 0.15) is 6.92 Å². The van der Waals surface area contributed by atoms with Crippen LogP contribution in [0.15, 0.2) is 88.3 Å². The standard InChI is InChI=1S/C25H18ClN3O3/c1-2-31-19-13-11-18(12-14-19)29-15-22(20-5-3-4-6-21(20)25(29)30)24-27-23(28-32-24)16-7-9-17(26)10-8-16/h3-15H,2H2,1H3. The Morgan fingerprint density at radius 1 is 0.969 bits per heavy atom. The average Bonchev–Trinajstić information content (AvgIpc) is 3.31. The number of halogens is 1. The molecule has 32 heavy (non-hydrogen) atoms. The van der Waals surface area contributed by atoms with Gasteiger partial charge < -0.3 is 9.26 Å². The van der Waals surface area contributed by atoms with E-state index in [1.165, 1.54) is 0 Å². The van der Waals surface area contributed by atoms with Gasteiger partial charge in [0.2, 0.25) is 5.82 Å². The third-order valence-corrected chi connectivity index (χ3v) is 5.36. The average molecular weight is 444 g/mol. The van der Waals surface area contributed by atoms with Crippen molar-refractivity contribution in [2.75, 3.05) is 6.61 Å². The number of rotatable bonds is 5. The largest absolute Gasteiger partial charge is 0.494 e. The highest BCUT2D eigenvalue weighted by Crippen LogP contribution is 2.29. The number of hydrogen-bond donors (Lipinski definition) is 0. The van der Waals surface area contributed by atoms with Gasteiger partial charge in [0, 0.05) is 33.2 Å². The summed E-state index contributed by atoms with van der Waals surface area (Å²) in [5.74, 6) is 1.51. The predicted octanol–water partition coefficient (Wildman–Crippen LogP) is 5.76. The number of benzene rings is 3. The van der Waals surface area contributed by atoms with Crippen molar-refractivity contribution in [3.63, 3.8) is 0 Å². The molecule has 2 heterocycles. The van der Waals surface area contributed by atoms with Gasteiger partial charge in [-0.3, -0.25) is 9.36 Å². The quantitative estimate of drug-likeness (QED) is 0.345. The number of ether oxygens (including phenoxy) is 1. The Hall–Kier alpha value is -3.90. The molecule has 2 aromatic heterocycles. The van der Waals surface area contributed by atoms with Crippen molar-refractivity contribution >= 4 is 22.4 Å². The van der Waals surface area contributed by atoms with Crippen molar-refractivity contribution in [2.24, 2.45) is 0 Å². The first kappa shape index (κ1) is 20.0. The van der Waals surface area contributed by atoms with Crippen LogP contribution in [0.4, 0.5) is 0 Å². The van der Waals surface area contributed by atoms with Gasteiger partial charge in [-0.1, -0.05) is 35.0 Å². The molecule has 0 bridgehead atoms.